The summed E-state index contributed by atoms with van der Waals surface area (Å²) >= 11 is 4.80. The van der Waals surface area contributed by atoms with Crippen molar-refractivity contribution < 1.29 is 14.7 Å². The molecule has 2 saturated carbocycles. The number of halogens is 1. The summed E-state index contributed by atoms with van der Waals surface area (Å²) in [6.45, 7) is 3.73. The third-order valence-electron chi connectivity index (χ3n) is 6.29. The average Bonchev–Trinajstić information content (AvgIpc) is 2.92. The van der Waals surface area contributed by atoms with Crippen molar-refractivity contribution in [1.82, 2.24) is 10.2 Å². The lowest BCUT2D eigenvalue weighted by molar-refractivity contribution is -0.156. The maximum atomic E-state index is 11.4. The number of alkyl halides is 1. The first-order valence-electron chi connectivity index (χ1n) is 10.4. The van der Waals surface area contributed by atoms with Crippen molar-refractivity contribution >= 4 is 39.6 Å². The fraction of sp³-hybridized carbons (Fsp3) is 0.900. The first kappa shape index (κ1) is 21.4. The van der Waals surface area contributed by atoms with Crippen molar-refractivity contribution in [3.8, 4) is 0 Å². The summed E-state index contributed by atoms with van der Waals surface area (Å²) in [4.78, 5) is 23.7. The van der Waals surface area contributed by atoms with E-state index in [4.69, 9.17) is 5.11 Å². The molecule has 4 rings (SSSR count). The van der Waals surface area contributed by atoms with Crippen LogP contribution in [0.3, 0.4) is 0 Å². The molecular weight excluding hydrogens is 428 g/mol. The maximum Gasteiger partial charge on any atom is 0.327 e. The number of carboxylic acid groups (broad SMARTS) is 1. The zero-order valence-corrected chi connectivity index (χ0v) is 18.9. The predicted octanol–water partition coefficient (Wildman–Crippen LogP) is 4.14. The molecular formula is C20H33BrN2O3S. The summed E-state index contributed by atoms with van der Waals surface area (Å²) in [6, 6.07) is 1.05. The second-order valence-corrected chi connectivity index (χ2v) is 11.6. The van der Waals surface area contributed by atoms with Gasteiger partial charge in [0.2, 0.25) is 5.91 Å². The summed E-state index contributed by atoms with van der Waals surface area (Å²) in [5, 5.41) is 12.9. The third kappa shape index (κ3) is 4.84. The van der Waals surface area contributed by atoms with Crippen molar-refractivity contribution in [2.24, 2.45) is 0 Å². The van der Waals surface area contributed by atoms with Crippen LogP contribution in [0.4, 0.5) is 0 Å². The van der Waals surface area contributed by atoms with Gasteiger partial charge in [-0.3, -0.25) is 4.79 Å². The van der Waals surface area contributed by atoms with Gasteiger partial charge in [0.15, 0.2) is 0 Å². The van der Waals surface area contributed by atoms with E-state index in [9.17, 15) is 9.59 Å². The van der Waals surface area contributed by atoms with E-state index in [1.807, 2.05) is 13.8 Å². The van der Waals surface area contributed by atoms with Crippen LogP contribution in [0.1, 0.15) is 78.1 Å². The molecule has 1 unspecified atom stereocenters. The van der Waals surface area contributed by atoms with Gasteiger partial charge in [0.05, 0.1) is 0 Å². The number of nitrogens with one attached hydrogen (secondary N) is 1. The smallest absolute Gasteiger partial charge is 0.327 e. The SMILES string of the molecule is C1CCC(NC2CCCCC2)CC1.CC1(C)S[C@@H]2C(Br)C(=O)N2[C@H]1C(=O)O. The molecule has 154 valence electrons. The lowest BCUT2D eigenvalue weighted by Crippen LogP contribution is -2.63. The molecule has 5 nitrogen and oxygen atoms in total. The summed E-state index contributed by atoms with van der Waals surface area (Å²) in [5.41, 5.74) is 0. The van der Waals surface area contributed by atoms with Crippen LogP contribution in [-0.2, 0) is 9.59 Å². The van der Waals surface area contributed by atoms with Crippen LogP contribution < -0.4 is 5.32 Å². The van der Waals surface area contributed by atoms with Crippen LogP contribution in [-0.4, -0.2) is 55.0 Å². The minimum Gasteiger partial charge on any atom is -0.480 e. The highest BCUT2D eigenvalue weighted by atomic mass is 79.9. The first-order chi connectivity index (χ1) is 12.8. The minimum atomic E-state index is -0.919. The Labute approximate surface area is 175 Å². The highest BCUT2D eigenvalue weighted by Gasteiger charge is 2.63. The van der Waals surface area contributed by atoms with Gasteiger partial charge >= 0.3 is 5.97 Å². The third-order valence-corrected chi connectivity index (χ3v) is 9.11. The molecule has 27 heavy (non-hydrogen) atoms. The van der Waals surface area contributed by atoms with Crippen molar-refractivity contribution in [2.45, 2.75) is 111 Å². The summed E-state index contributed by atoms with van der Waals surface area (Å²) in [6.07, 6.45) is 14.6. The lowest BCUT2D eigenvalue weighted by atomic mass is 9.91. The standard InChI is InChI=1S/C12H23N.C8H10BrNO3S/c1-3-7-11(8-4-1)13-12-9-5-2-6-10-12;1-8(2)4(7(12)13)10-5(11)3(9)6(10)14-8/h11-13H,1-10H2;3-4,6H,1-2H3,(H,12,13)/t;3?,4-,6+/m.0/s1. The number of hydrogen-bond acceptors (Lipinski definition) is 4. The van der Waals surface area contributed by atoms with E-state index in [1.165, 1.54) is 69.1 Å². The highest BCUT2D eigenvalue weighted by molar-refractivity contribution is 9.10. The number of carbonyl (C=O) groups excluding carboxylic acids is 1. The molecule has 0 aromatic rings. The zero-order chi connectivity index (χ0) is 19.6. The van der Waals surface area contributed by atoms with Gasteiger partial charge in [0.25, 0.3) is 0 Å². The Kier molecular flexibility index (Phi) is 7.18. The molecule has 7 heteroatoms. The molecule has 0 aromatic heterocycles. The van der Waals surface area contributed by atoms with Crippen LogP contribution in [0.2, 0.25) is 0 Å². The number of thioether (sulfide) groups is 1. The highest BCUT2D eigenvalue weighted by Crippen LogP contribution is 2.52. The molecule has 3 atom stereocenters. The molecule has 2 aliphatic carbocycles. The van der Waals surface area contributed by atoms with E-state index in [2.05, 4.69) is 21.2 Å². The summed E-state index contributed by atoms with van der Waals surface area (Å²) in [5.74, 6) is -1.03. The molecule has 2 saturated heterocycles. The van der Waals surface area contributed by atoms with Crippen molar-refractivity contribution in [3.05, 3.63) is 0 Å². The van der Waals surface area contributed by atoms with E-state index in [-0.39, 0.29) is 16.1 Å². The predicted molar refractivity (Wildman–Crippen MR) is 113 cm³/mol. The molecule has 4 aliphatic rings. The van der Waals surface area contributed by atoms with Crippen molar-refractivity contribution in [2.75, 3.05) is 0 Å². The van der Waals surface area contributed by atoms with Crippen LogP contribution >= 0.6 is 27.7 Å². The summed E-state index contributed by atoms with van der Waals surface area (Å²) < 4.78 is -0.408. The second kappa shape index (κ2) is 9.04. The van der Waals surface area contributed by atoms with E-state index < -0.39 is 16.8 Å². The van der Waals surface area contributed by atoms with Gasteiger partial charge in [0, 0.05) is 16.8 Å². The Morgan fingerprint density at radius 1 is 1.07 bits per heavy atom. The number of aliphatic carboxylic acids is 1. The monoisotopic (exact) mass is 460 g/mol. The Morgan fingerprint density at radius 2 is 1.56 bits per heavy atom. The number of hydrogen-bond donors (Lipinski definition) is 2. The molecule has 2 aliphatic heterocycles. The Bertz CT molecular complexity index is 531. The molecule has 1 amide bonds. The van der Waals surface area contributed by atoms with E-state index >= 15 is 0 Å². The number of fused-ring (bicyclic) bond motifs is 1. The molecule has 0 radical (unpaired) electrons. The van der Waals surface area contributed by atoms with Gasteiger partial charge in [-0.2, -0.15) is 0 Å². The fourth-order valence-electron chi connectivity index (χ4n) is 4.84. The first-order valence-corrected chi connectivity index (χ1v) is 12.2. The molecule has 4 fully saturated rings. The molecule has 0 aromatic carbocycles. The lowest BCUT2D eigenvalue weighted by Gasteiger charge is -2.40. The van der Waals surface area contributed by atoms with Crippen LogP contribution in [0.15, 0.2) is 0 Å². The van der Waals surface area contributed by atoms with E-state index in [0.29, 0.717) is 0 Å². The Hall–Kier alpha value is -0.270. The molecule has 0 spiro atoms. The van der Waals surface area contributed by atoms with Gasteiger partial charge in [-0.05, 0) is 39.5 Å². The van der Waals surface area contributed by atoms with Crippen LogP contribution in [0.25, 0.3) is 0 Å². The minimum absolute atomic E-state index is 0.0152. The van der Waals surface area contributed by atoms with E-state index in [1.54, 1.807) is 11.8 Å². The normalized spacial score (nSPS) is 33.7. The van der Waals surface area contributed by atoms with Crippen molar-refractivity contribution in [1.29, 1.82) is 0 Å². The average molecular weight is 461 g/mol. The van der Waals surface area contributed by atoms with Gasteiger partial charge in [-0.1, -0.05) is 54.5 Å². The summed E-state index contributed by atoms with van der Waals surface area (Å²) in [7, 11) is 0. The van der Waals surface area contributed by atoms with Gasteiger partial charge in [-0.25, -0.2) is 4.79 Å². The number of nitrogens with zero attached hydrogens (tertiary/aromatic N) is 1. The number of carboxylic acids is 1. The zero-order valence-electron chi connectivity index (χ0n) is 16.5. The molecule has 2 N–H and O–H groups in total. The topological polar surface area (TPSA) is 69.6 Å². The van der Waals surface area contributed by atoms with Gasteiger partial charge < -0.3 is 15.3 Å². The number of carbonyl (C=O) groups is 2. The van der Waals surface area contributed by atoms with Crippen LogP contribution in [0.5, 0.6) is 0 Å². The second-order valence-electron chi connectivity index (χ2n) is 8.84. The number of β-lactam (4-membered cyclic amide) rings is 1. The largest absolute Gasteiger partial charge is 0.480 e. The van der Waals surface area contributed by atoms with Crippen LogP contribution in [0, 0.1) is 0 Å². The number of rotatable bonds is 3. The molecule has 0 bridgehead atoms. The Balaban J connectivity index is 0.000000156. The Morgan fingerprint density at radius 3 is 2.00 bits per heavy atom. The van der Waals surface area contributed by atoms with E-state index in [0.717, 1.165) is 12.1 Å². The quantitative estimate of drug-likeness (QED) is 0.489. The fourth-order valence-corrected chi connectivity index (χ4v) is 7.19. The maximum absolute atomic E-state index is 11.4. The van der Waals surface area contributed by atoms with Gasteiger partial charge in [-0.15, -0.1) is 11.8 Å². The van der Waals surface area contributed by atoms with Gasteiger partial charge in [0.1, 0.15) is 16.2 Å². The number of amides is 1. The van der Waals surface area contributed by atoms with Crippen molar-refractivity contribution in [3.63, 3.8) is 0 Å². The molecule has 2 heterocycles.